The first-order valence-corrected chi connectivity index (χ1v) is 5.00. The van der Waals surface area contributed by atoms with Gasteiger partial charge in [-0.25, -0.2) is 5.10 Å². The second kappa shape index (κ2) is 6.12. The van der Waals surface area contributed by atoms with Crippen molar-refractivity contribution in [3.63, 3.8) is 0 Å². The Morgan fingerprint density at radius 3 is 2.53 bits per heavy atom. The highest BCUT2D eigenvalue weighted by atomic mass is 16.7. The number of aromatic amines is 1. The van der Waals surface area contributed by atoms with Crippen LogP contribution in [-0.2, 0) is 9.47 Å². The predicted octanol–water partition coefficient (Wildman–Crippen LogP) is -0.493. The lowest BCUT2D eigenvalue weighted by Crippen LogP contribution is -2.43. The van der Waals surface area contributed by atoms with Crippen molar-refractivity contribution in [2.24, 2.45) is 0 Å². The standard InChI is InChI=1S/C10H15N3O4/c1-6(10(16-2)17-3)11-9(15)7-4-5-8(14)13-12-7/h4-6,10H,1-3H3,(H,11,15)(H,13,14). The first-order valence-electron chi connectivity index (χ1n) is 5.00. The van der Waals surface area contributed by atoms with E-state index >= 15 is 0 Å². The quantitative estimate of drug-likeness (QED) is 0.678. The van der Waals surface area contributed by atoms with Gasteiger partial charge in [-0.1, -0.05) is 0 Å². The highest BCUT2D eigenvalue weighted by molar-refractivity contribution is 5.92. The van der Waals surface area contributed by atoms with E-state index in [4.69, 9.17) is 9.47 Å². The van der Waals surface area contributed by atoms with E-state index in [0.29, 0.717) is 0 Å². The van der Waals surface area contributed by atoms with Crippen molar-refractivity contribution in [1.82, 2.24) is 15.5 Å². The summed E-state index contributed by atoms with van der Waals surface area (Å²) < 4.78 is 10.0. The van der Waals surface area contributed by atoms with Gasteiger partial charge in [-0.05, 0) is 13.0 Å². The summed E-state index contributed by atoms with van der Waals surface area (Å²) in [5.41, 5.74) is -0.233. The van der Waals surface area contributed by atoms with E-state index in [9.17, 15) is 9.59 Å². The van der Waals surface area contributed by atoms with Gasteiger partial charge in [0.15, 0.2) is 6.29 Å². The van der Waals surface area contributed by atoms with Gasteiger partial charge >= 0.3 is 0 Å². The van der Waals surface area contributed by atoms with Gasteiger partial charge in [0.1, 0.15) is 5.69 Å². The molecule has 1 heterocycles. The number of H-pyrrole nitrogens is 1. The Bertz CT molecular complexity index is 407. The number of ether oxygens (including phenoxy) is 2. The molecule has 0 fully saturated rings. The summed E-state index contributed by atoms with van der Waals surface area (Å²) in [5.74, 6) is -0.409. The normalized spacial score (nSPS) is 12.5. The number of amides is 1. The van der Waals surface area contributed by atoms with Crippen LogP contribution in [0.15, 0.2) is 16.9 Å². The van der Waals surface area contributed by atoms with E-state index in [0.717, 1.165) is 0 Å². The molecule has 1 rings (SSSR count). The molecule has 2 N–H and O–H groups in total. The third-order valence-corrected chi connectivity index (χ3v) is 2.14. The molecule has 0 radical (unpaired) electrons. The maximum atomic E-state index is 11.7. The van der Waals surface area contributed by atoms with Crippen molar-refractivity contribution in [2.75, 3.05) is 14.2 Å². The van der Waals surface area contributed by atoms with Gasteiger partial charge in [-0.15, -0.1) is 0 Å². The molecule has 0 spiro atoms. The average Bonchev–Trinajstić information content (AvgIpc) is 2.31. The van der Waals surface area contributed by atoms with Crippen LogP contribution >= 0.6 is 0 Å². The lowest BCUT2D eigenvalue weighted by Gasteiger charge is -2.21. The molecule has 0 bridgehead atoms. The highest BCUT2D eigenvalue weighted by Crippen LogP contribution is 2.00. The summed E-state index contributed by atoms with van der Waals surface area (Å²) in [4.78, 5) is 22.5. The number of methoxy groups -OCH3 is 2. The third-order valence-electron chi connectivity index (χ3n) is 2.14. The molecule has 1 aromatic heterocycles. The minimum absolute atomic E-state index is 0.127. The topological polar surface area (TPSA) is 93.3 Å². The second-order valence-corrected chi connectivity index (χ2v) is 3.41. The Morgan fingerprint density at radius 2 is 2.06 bits per heavy atom. The fourth-order valence-corrected chi connectivity index (χ4v) is 1.32. The summed E-state index contributed by atoms with van der Waals surface area (Å²) in [6.07, 6.45) is -0.540. The van der Waals surface area contributed by atoms with Crippen LogP contribution in [0.25, 0.3) is 0 Å². The molecule has 0 saturated carbocycles. The fraction of sp³-hybridized carbons (Fsp3) is 0.500. The van der Waals surface area contributed by atoms with Crippen molar-refractivity contribution in [3.05, 3.63) is 28.2 Å². The molecule has 7 heteroatoms. The van der Waals surface area contributed by atoms with Gasteiger partial charge in [0.25, 0.3) is 11.5 Å². The zero-order valence-corrected chi connectivity index (χ0v) is 9.89. The van der Waals surface area contributed by atoms with Crippen LogP contribution in [0.1, 0.15) is 17.4 Å². The zero-order chi connectivity index (χ0) is 12.8. The van der Waals surface area contributed by atoms with Crippen molar-refractivity contribution < 1.29 is 14.3 Å². The van der Waals surface area contributed by atoms with E-state index in [-0.39, 0.29) is 17.3 Å². The molecule has 1 atom stereocenters. The van der Waals surface area contributed by atoms with Crippen LogP contribution in [0, 0.1) is 0 Å². The lowest BCUT2D eigenvalue weighted by molar-refractivity contribution is -0.117. The van der Waals surface area contributed by atoms with E-state index in [1.807, 2.05) is 0 Å². The minimum atomic E-state index is -0.540. The van der Waals surface area contributed by atoms with Gasteiger partial charge in [0.2, 0.25) is 0 Å². The number of hydrogen-bond acceptors (Lipinski definition) is 5. The van der Waals surface area contributed by atoms with Gasteiger partial charge in [0.05, 0.1) is 6.04 Å². The fourth-order valence-electron chi connectivity index (χ4n) is 1.32. The van der Waals surface area contributed by atoms with E-state index in [1.54, 1.807) is 6.92 Å². The Labute approximate surface area is 98.1 Å². The van der Waals surface area contributed by atoms with Crippen LogP contribution in [0.5, 0.6) is 0 Å². The number of rotatable bonds is 5. The van der Waals surface area contributed by atoms with Crippen LogP contribution in [-0.4, -0.2) is 42.7 Å². The molecule has 1 unspecified atom stereocenters. The van der Waals surface area contributed by atoms with Gasteiger partial charge < -0.3 is 14.8 Å². The summed E-state index contributed by atoms with van der Waals surface area (Å²) >= 11 is 0. The van der Waals surface area contributed by atoms with Gasteiger partial charge in [-0.3, -0.25) is 9.59 Å². The summed E-state index contributed by atoms with van der Waals surface area (Å²) in [5, 5.41) is 8.44. The molecule has 1 aromatic rings. The zero-order valence-electron chi connectivity index (χ0n) is 9.89. The largest absolute Gasteiger partial charge is 0.354 e. The van der Waals surface area contributed by atoms with E-state index in [1.165, 1.54) is 26.4 Å². The number of aromatic nitrogens is 2. The summed E-state index contributed by atoms with van der Waals surface area (Å²) in [6, 6.07) is 2.23. The number of carbonyl (C=O) groups excluding carboxylic acids is 1. The Balaban J connectivity index is 2.66. The van der Waals surface area contributed by atoms with E-state index < -0.39 is 12.2 Å². The Kier molecular flexibility index (Phi) is 4.80. The Morgan fingerprint density at radius 1 is 1.41 bits per heavy atom. The van der Waals surface area contributed by atoms with Crippen LogP contribution in [0.3, 0.4) is 0 Å². The highest BCUT2D eigenvalue weighted by Gasteiger charge is 2.19. The van der Waals surface area contributed by atoms with Crippen molar-refractivity contribution >= 4 is 5.91 Å². The van der Waals surface area contributed by atoms with Crippen LogP contribution < -0.4 is 10.9 Å². The first-order chi connectivity index (χ1) is 8.08. The number of carbonyl (C=O) groups is 1. The van der Waals surface area contributed by atoms with Crippen LogP contribution in [0.4, 0.5) is 0 Å². The number of nitrogens with zero attached hydrogens (tertiary/aromatic N) is 1. The molecule has 94 valence electrons. The van der Waals surface area contributed by atoms with Gasteiger partial charge in [-0.2, -0.15) is 5.10 Å². The molecular weight excluding hydrogens is 226 g/mol. The monoisotopic (exact) mass is 241 g/mol. The number of nitrogens with one attached hydrogen (secondary N) is 2. The molecule has 0 aromatic carbocycles. The molecule has 0 aliphatic carbocycles. The molecule has 1 amide bonds. The molecule has 0 aliphatic rings. The lowest BCUT2D eigenvalue weighted by atomic mass is 10.3. The smallest absolute Gasteiger partial charge is 0.272 e. The molecular formula is C10H15N3O4. The van der Waals surface area contributed by atoms with Crippen LogP contribution in [0.2, 0.25) is 0 Å². The van der Waals surface area contributed by atoms with Gasteiger partial charge in [0, 0.05) is 20.3 Å². The first kappa shape index (κ1) is 13.3. The van der Waals surface area contributed by atoms with Crippen molar-refractivity contribution in [2.45, 2.75) is 19.3 Å². The Hall–Kier alpha value is -1.73. The molecule has 0 aliphatic heterocycles. The maximum Gasteiger partial charge on any atom is 0.272 e. The van der Waals surface area contributed by atoms with Crippen molar-refractivity contribution in [3.8, 4) is 0 Å². The maximum absolute atomic E-state index is 11.7. The predicted molar refractivity (Wildman–Crippen MR) is 59.6 cm³/mol. The average molecular weight is 241 g/mol. The van der Waals surface area contributed by atoms with Crippen molar-refractivity contribution in [1.29, 1.82) is 0 Å². The summed E-state index contributed by atoms with van der Waals surface area (Å²) in [7, 11) is 2.96. The van der Waals surface area contributed by atoms with E-state index in [2.05, 4.69) is 15.5 Å². The summed E-state index contributed by atoms with van der Waals surface area (Å²) in [6.45, 7) is 1.74. The molecule has 17 heavy (non-hydrogen) atoms. The second-order valence-electron chi connectivity index (χ2n) is 3.41. The number of hydrogen-bond donors (Lipinski definition) is 2. The minimum Gasteiger partial charge on any atom is -0.354 e. The SMILES string of the molecule is COC(OC)C(C)NC(=O)c1ccc(=O)[nH]n1. The molecule has 0 saturated heterocycles. The molecule has 7 nitrogen and oxygen atoms in total. The third kappa shape index (κ3) is 3.65.